The van der Waals surface area contributed by atoms with Gasteiger partial charge in [-0.2, -0.15) is 0 Å². The molecule has 0 N–H and O–H groups in total. The summed E-state index contributed by atoms with van der Waals surface area (Å²) in [5.41, 5.74) is 1.91. The van der Waals surface area contributed by atoms with Gasteiger partial charge in [-0.1, -0.05) is 29.3 Å². The average Bonchev–Trinajstić information content (AvgIpc) is 3.21. The number of halogens is 2. The van der Waals surface area contributed by atoms with Gasteiger partial charge in [0, 0.05) is 12.1 Å². The molecule has 0 atom stereocenters. The number of hydrogen-bond donors (Lipinski definition) is 0. The summed E-state index contributed by atoms with van der Waals surface area (Å²) in [7, 11) is 0. The molecule has 1 aliphatic rings. The Kier molecular flexibility index (Phi) is 7.70. The summed E-state index contributed by atoms with van der Waals surface area (Å²) in [6, 6.07) is 13.9. The molecule has 188 valence electrons. The number of non-ortho nitro benzene ring substituents is 1. The predicted molar refractivity (Wildman–Crippen MR) is 140 cm³/mol. The second-order valence-electron chi connectivity index (χ2n) is 7.78. The van der Waals surface area contributed by atoms with Gasteiger partial charge in [0.2, 0.25) is 5.90 Å². The maximum atomic E-state index is 12.7. The number of esters is 2. The van der Waals surface area contributed by atoms with Crippen LogP contribution in [0.5, 0.6) is 11.5 Å². The fourth-order valence-electron chi connectivity index (χ4n) is 3.35. The van der Waals surface area contributed by atoms with E-state index in [9.17, 15) is 19.7 Å². The van der Waals surface area contributed by atoms with Gasteiger partial charge in [0.25, 0.3) is 5.69 Å². The van der Waals surface area contributed by atoms with Gasteiger partial charge in [-0.15, -0.1) is 0 Å². The van der Waals surface area contributed by atoms with E-state index in [1.807, 2.05) is 19.1 Å². The van der Waals surface area contributed by atoms with E-state index in [0.29, 0.717) is 22.2 Å². The second kappa shape index (κ2) is 10.9. The maximum absolute atomic E-state index is 12.7. The quantitative estimate of drug-likeness (QED) is 0.105. The smallest absolute Gasteiger partial charge is 0.363 e. The first-order chi connectivity index (χ1) is 17.7. The van der Waals surface area contributed by atoms with Crippen molar-refractivity contribution in [1.29, 1.82) is 0 Å². The Hall–Kier alpha value is -4.02. The molecule has 0 saturated heterocycles. The van der Waals surface area contributed by atoms with E-state index < -0.39 is 16.9 Å². The van der Waals surface area contributed by atoms with Crippen LogP contribution in [0.25, 0.3) is 6.08 Å². The molecular weight excluding hydrogens is 568 g/mol. The summed E-state index contributed by atoms with van der Waals surface area (Å²) >= 11 is 9.55. The number of benzene rings is 3. The van der Waals surface area contributed by atoms with Crippen LogP contribution in [0.1, 0.15) is 34.0 Å². The molecule has 0 saturated carbocycles. The Balaban J connectivity index is 1.64. The first-order valence-electron chi connectivity index (χ1n) is 10.9. The first-order valence-corrected chi connectivity index (χ1v) is 12.1. The number of aryl methyl sites for hydroxylation is 1. The minimum Gasteiger partial charge on any atom is -0.490 e. The van der Waals surface area contributed by atoms with Crippen molar-refractivity contribution in [2.45, 2.75) is 13.8 Å². The fourth-order valence-corrected chi connectivity index (χ4v) is 4.14. The molecule has 0 spiro atoms. The Morgan fingerprint density at radius 2 is 1.92 bits per heavy atom. The van der Waals surface area contributed by atoms with E-state index in [1.165, 1.54) is 18.2 Å². The molecule has 3 aromatic carbocycles. The summed E-state index contributed by atoms with van der Waals surface area (Å²) in [5.74, 6) is -0.901. The van der Waals surface area contributed by atoms with Crippen LogP contribution in [0.4, 0.5) is 5.69 Å². The second-order valence-corrected chi connectivity index (χ2v) is 9.04. The zero-order chi connectivity index (χ0) is 26.7. The molecule has 1 aliphatic heterocycles. The van der Waals surface area contributed by atoms with Crippen molar-refractivity contribution in [3.63, 3.8) is 0 Å². The number of aliphatic imine (C=N–C) groups is 1. The summed E-state index contributed by atoms with van der Waals surface area (Å²) in [6.45, 7) is 3.99. The Morgan fingerprint density at radius 3 is 2.57 bits per heavy atom. The van der Waals surface area contributed by atoms with Gasteiger partial charge in [0.05, 0.1) is 32.2 Å². The van der Waals surface area contributed by atoms with E-state index >= 15 is 0 Å². The van der Waals surface area contributed by atoms with E-state index in [2.05, 4.69) is 20.9 Å². The molecule has 0 radical (unpaired) electrons. The monoisotopic (exact) mass is 584 g/mol. The highest BCUT2D eigenvalue weighted by Gasteiger charge is 2.27. The molecule has 3 aromatic rings. The number of carbonyl (C=O) groups excluding carboxylic acids is 2. The number of cyclic esters (lactones) is 1. The number of nitro benzene ring substituents is 1. The SMILES string of the molecule is CCOc1cc(/C=C2\N=C(c3ccc([N+](=O)[O-])cc3Cl)OC2=O)cc(Br)c1OC(=O)c1ccc(C)cc1. The predicted octanol–water partition coefficient (Wildman–Crippen LogP) is 6.28. The fraction of sp³-hybridized carbons (Fsp3) is 0.115. The van der Waals surface area contributed by atoms with Crippen LogP contribution in [0.2, 0.25) is 5.02 Å². The van der Waals surface area contributed by atoms with Gasteiger partial charge in [-0.05, 0) is 71.7 Å². The number of ether oxygens (including phenoxy) is 3. The van der Waals surface area contributed by atoms with Crippen LogP contribution >= 0.6 is 27.5 Å². The molecule has 0 unspecified atom stereocenters. The lowest BCUT2D eigenvalue weighted by Gasteiger charge is -2.13. The third kappa shape index (κ3) is 5.87. The maximum Gasteiger partial charge on any atom is 0.363 e. The van der Waals surface area contributed by atoms with Gasteiger partial charge in [0.1, 0.15) is 0 Å². The molecule has 0 aliphatic carbocycles. The molecular formula is C26H18BrClN2O7. The van der Waals surface area contributed by atoms with Crippen molar-refractivity contribution in [3.05, 3.63) is 102 Å². The zero-order valence-corrected chi connectivity index (χ0v) is 21.8. The van der Waals surface area contributed by atoms with Crippen LogP contribution in [-0.2, 0) is 9.53 Å². The molecule has 0 fully saturated rings. The minimum absolute atomic E-state index is 0.0168. The van der Waals surface area contributed by atoms with Crippen LogP contribution in [0.3, 0.4) is 0 Å². The van der Waals surface area contributed by atoms with Gasteiger partial charge in [-0.3, -0.25) is 10.1 Å². The topological polar surface area (TPSA) is 117 Å². The summed E-state index contributed by atoms with van der Waals surface area (Å²) in [6.07, 6.45) is 1.47. The van der Waals surface area contributed by atoms with Crippen molar-refractivity contribution < 1.29 is 28.7 Å². The van der Waals surface area contributed by atoms with Crippen molar-refractivity contribution in [2.24, 2.45) is 4.99 Å². The van der Waals surface area contributed by atoms with Gasteiger partial charge in [0.15, 0.2) is 17.2 Å². The highest BCUT2D eigenvalue weighted by Crippen LogP contribution is 2.38. The molecule has 0 amide bonds. The molecule has 11 heteroatoms. The highest BCUT2D eigenvalue weighted by molar-refractivity contribution is 9.10. The van der Waals surface area contributed by atoms with Crippen molar-refractivity contribution in [1.82, 2.24) is 0 Å². The Labute approximate surface area is 224 Å². The van der Waals surface area contributed by atoms with Crippen LogP contribution in [0, 0.1) is 17.0 Å². The normalized spacial score (nSPS) is 13.8. The largest absolute Gasteiger partial charge is 0.490 e. The third-order valence-electron chi connectivity index (χ3n) is 5.13. The molecule has 1 heterocycles. The van der Waals surface area contributed by atoms with Gasteiger partial charge < -0.3 is 14.2 Å². The summed E-state index contributed by atoms with van der Waals surface area (Å²) in [5, 5.41) is 11.0. The third-order valence-corrected chi connectivity index (χ3v) is 6.03. The summed E-state index contributed by atoms with van der Waals surface area (Å²) in [4.78, 5) is 39.7. The highest BCUT2D eigenvalue weighted by atomic mass is 79.9. The standard InChI is InChI=1S/C26H18BrClN2O7/c1-3-35-22-12-15(10-19(27)23(22)36-25(31)16-6-4-14(2)5-7-16)11-21-26(32)37-24(29-21)18-9-8-17(30(33)34)13-20(18)28/h4-13H,3H2,1-2H3/b21-11-. The number of rotatable bonds is 7. The number of carbonyl (C=O) groups is 2. The Morgan fingerprint density at radius 1 is 1.19 bits per heavy atom. The van der Waals surface area contributed by atoms with Gasteiger partial charge >= 0.3 is 11.9 Å². The molecule has 37 heavy (non-hydrogen) atoms. The molecule has 9 nitrogen and oxygen atoms in total. The van der Waals surface area contributed by atoms with Gasteiger partial charge in [-0.25, -0.2) is 14.6 Å². The number of hydrogen-bond acceptors (Lipinski definition) is 8. The minimum atomic E-state index is -0.728. The molecule has 0 bridgehead atoms. The first kappa shape index (κ1) is 26.1. The lowest BCUT2D eigenvalue weighted by atomic mass is 10.1. The van der Waals surface area contributed by atoms with Crippen LogP contribution < -0.4 is 9.47 Å². The number of nitro groups is 1. The van der Waals surface area contributed by atoms with Crippen molar-refractivity contribution >= 4 is 57.1 Å². The summed E-state index contributed by atoms with van der Waals surface area (Å²) < 4.78 is 16.9. The van der Waals surface area contributed by atoms with Crippen LogP contribution in [0.15, 0.2) is 69.8 Å². The van der Waals surface area contributed by atoms with E-state index in [4.69, 9.17) is 25.8 Å². The lowest BCUT2D eigenvalue weighted by molar-refractivity contribution is -0.384. The average molecular weight is 586 g/mol. The molecule has 4 rings (SSSR count). The zero-order valence-electron chi connectivity index (χ0n) is 19.5. The van der Waals surface area contributed by atoms with E-state index in [0.717, 1.165) is 11.6 Å². The lowest BCUT2D eigenvalue weighted by Crippen LogP contribution is -2.10. The van der Waals surface area contributed by atoms with E-state index in [-0.39, 0.29) is 39.4 Å². The number of nitrogens with zero attached hydrogens (tertiary/aromatic N) is 2. The Bertz CT molecular complexity index is 1480. The van der Waals surface area contributed by atoms with Crippen LogP contribution in [-0.4, -0.2) is 29.4 Å². The van der Waals surface area contributed by atoms with E-state index in [1.54, 1.807) is 31.2 Å². The van der Waals surface area contributed by atoms with Crippen molar-refractivity contribution in [3.8, 4) is 11.5 Å². The molecule has 0 aromatic heterocycles. The van der Waals surface area contributed by atoms with Crippen molar-refractivity contribution in [2.75, 3.05) is 6.61 Å².